The van der Waals surface area contributed by atoms with E-state index in [9.17, 15) is 5.26 Å². The summed E-state index contributed by atoms with van der Waals surface area (Å²) < 4.78 is 6.04. The number of likely N-dealkylation sites (tertiary alicyclic amines) is 1. The number of aliphatic imine (C=N–C) groups is 1. The van der Waals surface area contributed by atoms with Crippen LogP contribution in [0.4, 0.5) is 0 Å². The number of piperidine rings is 1. The van der Waals surface area contributed by atoms with Crippen LogP contribution in [0.25, 0.3) is 0 Å². The average Bonchev–Trinajstić information content (AvgIpc) is 2.57. The van der Waals surface area contributed by atoms with Gasteiger partial charge in [-0.05, 0) is 32.0 Å². The highest BCUT2D eigenvalue weighted by molar-refractivity contribution is 5.92. The first-order valence-corrected chi connectivity index (χ1v) is 7.84. The van der Waals surface area contributed by atoms with E-state index < -0.39 is 5.79 Å². The molecule has 0 amide bonds. The molecule has 2 aliphatic rings. The second kappa shape index (κ2) is 6.47. The van der Waals surface area contributed by atoms with Gasteiger partial charge in [-0.15, -0.1) is 0 Å². The highest BCUT2D eigenvalue weighted by atomic mass is 16.5. The molecule has 8 heteroatoms. The Morgan fingerprint density at radius 1 is 1.46 bits per heavy atom. The molecule has 1 atom stereocenters. The lowest BCUT2D eigenvalue weighted by Gasteiger charge is -2.31. The molecule has 0 spiro atoms. The molecule has 1 aromatic heterocycles. The second-order valence-corrected chi connectivity index (χ2v) is 6.08. The second-order valence-electron chi connectivity index (χ2n) is 6.08. The minimum Gasteiger partial charge on any atom is -0.487 e. The Kier molecular flexibility index (Phi) is 4.38. The molecular weight excluding hydrogens is 306 g/mol. The van der Waals surface area contributed by atoms with Crippen LogP contribution in [0.2, 0.25) is 0 Å². The topological polar surface area (TPSA) is 126 Å². The van der Waals surface area contributed by atoms with E-state index in [2.05, 4.69) is 33.3 Å². The van der Waals surface area contributed by atoms with Crippen LogP contribution in [0.5, 0.6) is 5.75 Å². The molecule has 1 fully saturated rings. The minimum atomic E-state index is -1.22. The molecule has 0 aliphatic carbocycles. The van der Waals surface area contributed by atoms with Crippen molar-refractivity contribution in [3.63, 3.8) is 0 Å². The fourth-order valence-corrected chi connectivity index (χ4v) is 2.78. The Bertz CT molecular complexity index is 716. The largest absolute Gasteiger partial charge is 0.487 e. The van der Waals surface area contributed by atoms with Gasteiger partial charge < -0.3 is 20.7 Å². The monoisotopic (exact) mass is 327 g/mol. The summed E-state index contributed by atoms with van der Waals surface area (Å²) in [5.41, 5.74) is 12.8. The van der Waals surface area contributed by atoms with Crippen LogP contribution in [-0.4, -0.2) is 42.0 Å². The Morgan fingerprint density at radius 2 is 2.21 bits per heavy atom. The number of nitrogens with zero attached hydrogens (tertiary/aromatic N) is 4. The van der Waals surface area contributed by atoms with E-state index in [1.807, 2.05) is 0 Å². The first kappa shape index (κ1) is 16.2. The minimum absolute atomic E-state index is 0.0619. The average molecular weight is 327 g/mol. The highest BCUT2D eigenvalue weighted by Gasteiger charge is 2.29. The molecule has 126 valence electrons. The number of hydrogen-bond donors (Lipinski definition) is 3. The van der Waals surface area contributed by atoms with E-state index in [0.29, 0.717) is 17.1 Å². The van der Waals surface area contributed by atoms with E-state index in [0.717, 1.165) is 25.9 Å². The van der Waals surface area contributed by atoms with Gasteiger partial charge >= 0.3 is 0 Å². The van der Waals surface area contributed by atoms with Crippen LogP contribution in [0.3, 0.4) is 0 Å². The Balaban J connectivity index is 1.86. The first-order valence-electron chi connectivity index (χ1n) is 7.84. The normalized spacial score (nSPS) is 24.8. The van der Waals surface area contributed by atoms with Gasteiger partial charge in [0.15, 0.2) is 11.4 Å². The summed E-state index contributed by atoms with van der Waals surface area (Å²) in [6, 6.07) is 3.78. The van der Waals surface area contributed by atoms with Gasteiger partial charge in [-0.2, -0.15) is 5.26 Å². The third-order valence-corrected chi connectivity index (χ3v) is 4.22. The van der Waals surface area contributed by atoms with Crippen LogP contribution in [-0.2, 0) is 5.79 Å². The SMILES string of the molecule is CN1CCC(Oc2cc(C3(N)N=C(N)C=CN3)cnc2C#N)CC1. The molecule has 8 nitrogen and oxygen atoms in total. The van der Waals surface area contributed by atoms with E-state index in [4.69, 9.17) is 16.2 Å². The van der Waals surface area contributed by atoms with Crippen molar-refractivity contribution in [1.29, 1.82) is 5.26 Å². The van der Waals surface area contributed by atoms with Crippen molar-refractivity contribution in [3.05, 3.63) is 35.8 Å². The summed E-state index contributed by atoms with van der Waals surface area (Å²) in [5.74, 6) is -0.469. The van der Waals surface area contributed by atoms with Crippen molar-refractivity contribution >= 4 is 5.84 Å². The van der Waals surface area contributed by atoms with Crippen LogP contribution >= 0.6 is 0 Å². The molecule has 2 aliphatic heterocycles. The molecule has 24 heavy (non-hydrogen) atoms. The number of nitrogens with one attached hydrogen (secondary N) is 1. The number of rotatable bonds is 3. The highest BCUT2D eigenvalue weighted by Crippen LogP contribution is 2.27. The van der Waals surface area contributed by atoms with Gasteiger partial charge in [0.05, 0.1) is 0 Å². The number of amidine groups is 1. The van der Waals surface area contributed by atoms with Crippen molar-refractivity contribution < 1.29 is 4.74 Å². The number of pyridine rings is 1. The predicted molar refractivity (Wildman–Crippen MR) is 89.9 cm³/mol. The van der Waals surface area contributed by atoms with E-state index in [-0.39, 0.29) is 11.8 Å². The third kappa shape index (κ3) is 3.32. The number of aromatic nitrogens is 1. The smallest absolute Gasteiger partial charge is 0.212 e. The molecule has 1 unspecified atom stereocenters. The maximum Gasteiger partial charge on any atom is 0.212 e. The van der Waals surface area contributed by atoms with Gasteiger partial charge in [-0.1, -0.05) is 0 Å². The summed E-state index contributed by atoms with van der Waals surface area (Å²) in [6.45, 7) is 1.93. The number of nitriles is 1. The van der Waals surface area contributed by atoms with Gasteiger partial charge in [-0.3, -0.25) is 5.73 Å². The van der Waals surface area contributed by atoms with Crippen molar-refractivity contribution in [2.45, 2.75) is 24.7 Å². The Morgan fingerprint density at radius 3 is 2.88 bits per heavy atom. The lowest BCUT2D eigenvalue weighted by Crippen LogP contribution is -2.49. The number of hydrogen-bond acceptors (Lipinski definition) is 8. The summed E-state index contributed by atoms with van der Waals surface area (Å²) in [7, 11) is 2.09. The summed E-state index contributed by atoms with van der Waals surface area (Å²) in [6.07, 6.45) is 6.66. The predicted octanol–water partition coefficient (Wildman–Crippen LogP) is -0.0306. The Hall–Kier alpha value is -2.63. The van der Waals surface area contributed by atoms with Crippen LogP contribution in [0.1, 0.15) is 24.1 Å². The molecule has 0 radical (unpaired) electrons. The van der Waals surface area contributed by atoms with Gasteiger partial charge in [0, 0.05) is 31.0 Å². The molecular formula is C16H21N7O. The summed E-state index contributed by atoms with van der Waals surface area (Å²) in [5, 5.41) is 12.3. The van der Waals surface area contributed by atoms with Crippen molar-refractivity contribution in [2.75, 3.05) is 20.1 Å². The maximum absolute atomic E-state index is 9.29. The quantitative estimate of drug-likeness (QED) is 0.711. The van der Waals surface area contributed by atoms with Crippen LogP contribution < -0.4 is 21.5 Å². The van der Waals surface area contributed by atoms with E-state index >= 15 is 0 Å². The fraction of sp³-hybridized carbons (Fsp3) is 0.438. The van der Waals surface area contributed by atoms with Crippen LogP contribution in [0, 0.1) is 11.3 Å². The van der Waals surface area contributed by atoms with Crippen LogP contribution in [0.15, 0.2) is 29.5 Å². The molecule has 0 bridgehead atoms. The molecule has 3 heterocycles. The zero-order valence-electron chi connectivity index (χ0n) is 13.6. The van der Waals surface area contributed by atoms with Gasteiger partial charge in [0.1, 0.15) is 18.0 Å². The van der Waals surface area contributed by atoms with E-state index in [1.165, 1.54) is 6.20 Å². The standard InChI is InChI=1S/C16H21N7O/c1-23-6-3-12(4-7-23)24-14-8-11(10-20-13(14)9-17)16(19)21-5-2-15(18)22-16/h2,5,8,10,12,21H,3-4,6-7,19H2,1H3,(H2,18,22). The third-order valence-electron chi connectivity index (χ3n) is 4.22. The molecule has 1 saturated heterocycles. The van der Waals surface area contributed by atoms with Crippen molar-refractivity contribution in [2.24, 2.45) is 16.5 Å². The van der Waals surface area contributed by atoms with E-state index in [1.54, 1.807) is 18.3 Å². The van der Waals surface area contributed by atoms with Gasteiger partial charge in [0.2, 0.25) is 5.79 Å². The molecule has 0 saturated carbocycles. The fourth-order valence-electron chi connectivity index (χ4n) is 2.78. The number of nitrogens with two attached hydrogens (primary N) is 2. The van der Waals surface area contributed by atoms with Gasteiger partial charge in [0.25, 0.3) is 0 Å². The summed E-state index contributed by atoms with van der Waals surface area (Å²) >= 11 is 0. The Labute approximate surface area is 140 Å². The summed E-state index contributed by atoms with van der Waals surface area (Å²) in [4.78, 5) is 10.7. The molecule has 5 N–H and O–H groups in total. The zero-order chi connectivity index (χ0) is 17.2. The van der Waals surface area contributed by atoms with Crippen molar-refractivity contribution in [3.8, 4) is 11.8 Å². The number of ether oxygens (including phenoxy) is 1. The van der Waals surface area contributed by atoms with Crippen molar-refractivity contribution in [1.82, 2.24) is 15.2 Å². The lowest BCUT2D eigenvalue weighted by atomic mass is 10.1. The lowest BCUT2D eigenvalue weighted by molar-refractivity contribution is 0.113. The van der Waals surface area contributed by atoms with Gasteiger partial charge in [-0.25, -0.2) is 9.98 Å². The maximum atomic E-state index is 9.29. The first-order chi connectivity index (χ1) is 11.5. The molecule has 0 aromatic carbocycles. The molecule has 3 rings (SSSR count). The molecule has 1 aromatic rings. The zero-order valence-corrected chi connectivity index (χ0v) is 13.6.